The monoisotopic (exact) mass is 217 g/mol. The van der Waals surface area contributed by atoms with Crippen LogP contribution in [0.3, 0.4) is 0 Å². The van der Waals surface area contributed by atoms with E-state index >= 15 is 0 Å². The number of para-hydroxylation sites is 1. The van der Waals surface area contributed by atoms with Crippen molar-refractivity contribution in [3.8, 4) is 6.07 Å². The lowest BCUT2D eigenvalue weighted by molar-refractivity contribution is -0.124. The number of nitrogens with one attached hydrogen (secondary N) is 2. The maximum Gasteiger partial charge on any atom is 0.255 e. The third kappa shape index (κ3) is 1.71. The number of rotatable bonds is 1. The number of hydrogen-bond donors (Lipinski definition) is 2. The van der Waals surface area contributed by atoms with Crippen LogP contribution in [0.25, 0.3) is 0 Å². The van der Waals surface area contributed by atoms with Gasteiger partial charge in [0.15, 0.2) is 6.10 Å². The average molecular weight is 217 g/mol. The number of amides is 1. The molecule has 0 saturated carbocycles. The molecule has 0 saturated heterocycles. The summed E-state index contributed by atoms with van der Waals surface area (Å²) in [6.45, 7) is 0.393. The zero-order valence-electron chi connectivity index (χ0n) is 8.78. The van der Waals surface area contributed by atoms with Gasteiger partial charge in [-0.3, -0.25) is 4.79 Å². The van der Waals surface area contributed by atoms with Crippen LogP contribution in [0.15, 0.2) is 18.2 Å². The van der Waals surface area contributed by atoms with Crippen molar-refractivity contribution in [3.63, 3.8) is 0 Å². The number of nitriles is 1. The lowest BCUT2D eigenvalue weighted by atomic mass is 10.1. The zero-order valence-corrected chi connectivity index (χ0v) is 8.78. The molecule has 2 rings (SSSR count). The number of carbonyl (C=O) groups excluding carboxylic acids is 1. The summed E-state index contributed by atoms with van der Waals surface area (Å²) >= 11 is 0. The van der Waals surface area contributed by atoms with Crippen molar-refractivity contribution < 1.29 is 9.53 Å². The molecule has 0 radical (unpaired) electrons. The molecule has 0 spiro atoms. The fourth-order valence-electron chi connectivity index (χ4n) is 1.62. The smallest absolute Gasteiger partial charge is 0.255 e. The minimum Gasteiger partial charge on any atom is -0.380 e. The second kappa shape index (κ2) is 4.21. The number of fused-ring (bicyclic) bond motifs is 1. The van der Waals surface area contributed by atoms with E-state index in [4.69, 9.17) is 10.00 Å². The van der Waals surface area contributed by atoms with Crippen molar-refractivity contribution >= 4 is 17.3 Å². The highest BCUT2D eigenvalue weighted by molar-refractivity contribution is 6.00. The van der Waals surface area contributed by atoms with Gasteiger partial charge in [-0.25, -0.2) is 0 Å². The van der Waals surface area contributed by atoms with Crippen molar-refractivity contribution in [1.82, 2.24) is 0 Å². The van der Waals surface area contributed by atoms with Gasteiger partial charge in [0.1, 0.15) is 6.07 Å². The molecule has 0 aromatic heterocycles. The number of hydrogen-bond acceptors (Lipinski definition) is 4. The van der Waals surface area contributed by atoms with E-state index in [9.17, 15) is 4.79 Å². The number of anilines is 2. The van der Waals surface area contributed by atoms with E-state index in [1.54, 1.807) is 12.1 Å². The van der Waals surface area contributed by atoms with Gasteiger partial charge in [-0.1, -0.05) is 6.07 Å². The van der Waals surface area contributed by atoms with Crippen LogP contribution in [0, 0.1) is 11.3 Å². The SMILES string of the molecule is COC1CNc2cccc(C#N)c2NC1=O. The normalized spacial score (nSPS) is 18.8. The first kappa shape index (κ1) is 10.5. The van der Waals surface area contributed by atoms with Gasteiger partial charge in [0.2, 0.25) is 0 Å². The molecule has 5 heteroatoms. The van der Waals surface area contributed by atoms with Crippen LogP contribution in [0.1, 0.15) is 5.56 Å². The molecule has 1 aromatic rings. The summed E-state index contributed by atoms with van der Waals surface area (Å²) in [6, 6.07) is 7.28. The largest absolute Gasteiger partial charge is 0.380 e. The summed E-state index contributed by atoms with van der Waals surface area (Å²) in [5, 5.41) is 14.7. The summed E-state index contributed by atoms with van der Waals surface area (Å²) < 4.78 is 5.03. The summed E-state index contributed by atoms with van der Waals surface area (Å²) in [6.07, 6.45) is -0.543. The van der Waals surface area contributed by atoms with Crippen molar-refractivity contribution in [3.05, 3.63) is 23.8 Å². The standard InChI is InChI=1S/C11H11N3O2/c1-16-9-6-13-8-4-2-3-7(5-12)10(8)14-11(9)15/h2-4,9,13H,6H2,1H3,(H,14,15). The Balaban J connectivity index is 2.41. The molecule has 82 valence electrons. The van der Waals surface area contributed by atoms with Crippen molar-refractivity contribution in [2.45, 2.75) is 6.10 Å². The van der Waals surface area contributed by atoms with Crippen molar-refractivity contribution in [1.29, 1.82) is 5.26 Å². The van der Waals surface area contributed by atoms with Crippen LogP contribution < -0.4 is 10.6 Å². The third-order valence-corrected chi connectivity index (χ3v) is 2.49. The second-order valence-electron chi connectivity index (χ2n) is 3.43. The maximum absolute atomic E-state index is 11.7. The number of carbonyl (C=O) groups is 1. The highest BCUT2D eigenvalue weighted by Gasteiger charge is 2.24. The van der Waals surface area contributed by atoms with Crippen molar-refractivity contribution in [2.24, 2.45) is 0 Å². The van der Waals surface area contributed by atoms with Gasteiger partial charge in [0.05, 0.1) is 23.5 Å². The lowest BCUT2D eigenvalue weighted by Crippen LogP contribution is -2.32. The Morgan fingerprint density at radius 2 is 2.38 bits per heavy atom. The molecular formula is C11H11N3O2. The Kier molecular flexibility index (Phi) is 2.75. The van der Waals surface area contributed by atoms with Gasteiger partial charge in [-0.15, -0.1) is 0 Å². The van der Waals surface area contributed by atoms with Crippen LogP contribution in [0.5, 0.6) is 0 Å². The van der Waals surface area contributed by atoms with Gasteiger partial charge >= 0.3 is 0 Å². The zero-order chi connectivity index (χ0) is 11.5. The Bertz CT molecular complexity index is 465. The number of benzene rings is 1. The molecule has 0 aliphatic carbocycles. The van der Waals surface area contributed by atoms with Gasteiger partial charge < -0.3 is 15.4 Å². The molecule has 5 nitrogen and oxygen atoms in total. The number of ether oxygens (including phenoxy) is 1. The molecule has 1 aliphatic heterocycles. The predicted octanol–water partition coefficient (Wildman–Crippen LogP) is 0.937. The van der Waals surface area contributed by atoms with Gasteiger partial charge in [0, 0.05) is 7.11 Å². The van der Waals surface area contributed by atoms with Crippen LogP contribution in [0.4, 0.5) is 11.4 Å². The van der Waals surface area contributed by atoms with E-state index in [1.165, 1.54) is 7.11 Å². The van der Waals surface area contributed by atoms with E-state index in [0.29, 0.717) is 17.8 Å². The number of nitrogens with zero attached hydrogens (tertiary/aromatic N) is 1. The van der Waals surface area contributed by atoms with Crippen LogP contribution in [-0.2, 0) is 9.53 Å². The highest BCUT2D eigenvalue weighted by Crippen LogP contribution is 2.27. The second-order valence-corrected chi connectivity index (χ2v) is 3.43. The van der Waals surface area contributed by atoms with Gasteiger partial charge in [-0.2, -0.15) is 5.26 Å². The molecule has 2 N–H and O–H groups in total. The van der Waals surface area contributed by atoms with Crippen LogP contribution in [0.2, 0.25) is 0 Å². The predicted molar refractivity (Wildman–Crippen MR) is 59.1 cm³/mol. The van der Waals surface area contributed by atoms with E-state index in [0.717, 1.165) is 5.69 Å². The van der Waals surface area contributed by atoms with E-state index < -0.39 is 6.10 Å². The third-order valence-electron chi connectivity index (χ3n) is 2.49. The Morgan fingerprint density at radius 1 is 1.56 bits per heavy atom. The molecule has 1 heterocycles. The minimum absolute atomic E-state index is 0.239. The van der Waals surface area contributed by atoms with Crippen LogP contribution >= 0.6 is 0 Å². The summed E-state index contributed by atoms with van der Waals surface area (Å²) in [5.41, 5.74) is 1.71. The molecule has 1 amide bonds. The fourth-order valence-corrected chi connectivity index (χ4v) is 1.62. The molecule has 0 fully saturated rings. The van der Waals surface area contributed by atoms with Gasteiger partial charge in [-0.05, 0) is 12.1 Å². The fraction of sp³-hybridized carbons (Fsp3) is 0.273. The minimum atomic E-state index is -0.543. The quantitative estimate of drug-likeness (QED) is 0.734. The van der Waals surface area contributed by atoms with E-state index in [-0.39, 0.29) is 5.91 Å². The van der Waals surface area contributed by atoms with Gasteiger partial charge in [0.25, 0.3) is 5.91 Å². The molecule has 16 heavy (non-hydrogen) atoms. The summed E-state index contributed by atoms with van der Waals surface area (Å²) in [7, 11) is 1.48. The molecule has 1 atom stereocenters. The van der Waals surface area contributed by atoms with Crippen molar-refractivity contribution in [2.75, 3.05) is 24.3 Å². The van der Waals surface area contributed by atoms with E-state index in [2.05, 4.69) is 10.6 Å². The summed E-state index contributed by atoms with van der Waals surface area (Å²) in [4.78, 5) is 11.7. The maximum atomic E-state index is 11.7. The average Bonchev–Trinajstić information content (AvgIpc) is 2.46. The molecule has 1 unspecified atom stereocenters. The summed E-state index contributed by atoms with van der Waals surface area (Å²) in [5.74, 6) is -0.239. The Hall–Kier alpha value is -2.06. The van der Waals surface area contributed by atoms with E-state index in [1.807, 2.05) is 12.1 Å². The topological polar surface area (TPSA) is 74.2 Å². The first-order chi connectivity index (χ1) is 7.76. The highest BCUT2D eigenvalue weighted by atomic mass is 16.5. The molecule has 1 aromatic carbocycles. The first-order valence-electron chi connectivity index (χ1n) is 4.87. The Labute approximate surface area is 93.0 Å². The lowest BCUT2D eigenvalue weighted by Gasteiger charge is -2.10. The Morgan fingerprint density at radius 3 is 3.06 bits per heavy atom. The number of methoxy groups -OCH3 is 1. The first-order valence-corrected chi connectivity index (χ1v) is 4.87. The molecule has 1 aliphatic rings. The van der Waals surface area contributed by atoms with Crippen LogP contribution in [-0.4, -0.2) is 25.7 Å². The molecule has 0 bridgehead atoms. The molecular weight excluding hydrogens is 206 g/mol.